The summed E-state index contributed by atoms with van der Waals surface area (Å²) in [5, 5.41) is 9.04. The van der Waals surface area contributed by atoms with E-state index in [9.17, 15) is 17.2 Å². The quantitative estimate of drug-likeness (QED) is 0.817. The third-order valence-corrected chi connectivity index (χ3v) is 4.38. The van der Waals surface area contributed by atoms with Crippen molar-refractivity contribution in [3.8, 4) is 6.07 Å². The van der Waals surface area contributed by atoms with Gasteiger partial charge in [0.25, 0.3) is 0 Å². The van der Waals surface area contributed by atoms with Crippen LogP contribution in [0.2, 0.25) is 0 Å². The highest BCUT2D eigenvalue weighted by Gasteiger charge is 2.20. The monoisotopic (exact) mass is 305 g/mol. The summed E-state index contributed by atoms with van der Waals surface area (Å²) in [6.07, 6.45) is 1.00. The first-order valence-corrected chi connectivity index (χ1v) is 7.30. The molecule has 0 spiro atoms. The molecule has 21 heavy (non-hydrogen) atoms. The van der Waals surface area contributed by atoms with Crippen molar-refractivity contribution < 1.29 is 17.2 Å². The molecule has 0 unspecified atom stereocenters. The van der Waals surface area contributed by atoms with E-state index in [1.807, 2.05) is 0 Å². The minimum absolute atomic E-state index is 0.0413. The summed E-state index contributed by atoms with van der Waals surface area (Å²) in [7, 11) is -3.99. The molecular weight excluding hydrogens is 296 g/mol. The first-order chi connectivity index (χ1) is 9.95. The largest absolute Gasteiger partial charge is 0.218 e. The van der Waals surface area contributed by atoms with E-state index in [0.717, 1.165) is 18.2 Å². The molecule has 2 aromatic carbocycles. The average molecular weight is 305 g/mol. The number of halogens is 2. The van der Waals surface area contributed by atoms with E-state index in [2.05, 4.69) is 0 Å². The lowest BCUT2D eigenvalue weighted by Crippen LogP contribution is -2.03. The number of hydrogen-bond acceptors (Lipinski definition) is 3. The first kappa shape index (κ1) is 14.9. The Morgan fingerprint density at radius 2 is 1.71 bits per heavy atom. The molecule has 0 heterocycles. The molecule has 106 valence electrons. The van der Waals surface area contributed by atoms with Crippen molar-refractivity contribution in [1.29, 1.82) is 5.26 Å². The van der Waals surface area contributed by atoms with E-state index in [1.54, 1.807) is 12.1 Å². The molecule has 2 aromatic rings. The summed E-state index contributed by atoms with van der Waals surface area (Å²) in [5.74, 6) is -2.16. The Balaban J connectivity index is 2.51. The first-order valence-electron chi connectivity index (χ1n) is 5.82. The van der Waals surface area contributed by atoms with Gasteiger partial charge in [-0.3, -0.25) is 0 Å². The standard InChI is InChI=1S/C15H9F2NO2S/c16-14-7-6-11(9-15(14)17)8-13(10-18)21(19,20)12-4-2-1-3-5-12/h1-9H. The molecule has 0 bridgehead atoms. The number of rotatable bonds is 3. The van der Waals surface area contributed by atoms with Crippen molar-refractivity contribution in [1.82, 2.24) is 0 Å². The van der Waals surface area contributed by atoms with Gasteiger partial charge in [-0.25, -0.2) is 17.2 Å². The molecule has 0 aliphatic heterocycles. The van der Waals surface area contributed by atoms with Gasteiger partial charge >= 0.3 is 0 Å². The van der Waals surface area contributed by atoms with Gasteiger partial charge in [0.05, 0.1) is 4.90 Å². The molecule has 2 rings (SSSR count). The van der Waals surface area contributed by atoms with Gasteiger partial charge in [0.1, 0.15) is 11.0 Å². The maximum Gasteiger partial charge on any atom is 0.216 e. The molecule has 0 amide bonds. The lowest BCUT2D eigenvalue weighted by atomic mass is 10.2. The summed E-state index contributed by atoms with van der Waals surface area (Å²) >= 11 is 0. The third kappa shape index (κ3) is 3.15. The van der Waals surface area contributed by atoms with Crippen molar-refractivity contribution in [2.45, 2.75) is 4.90 Å². The molecule has 0 atom stereocenters. The fourth-order valence-corrected chi connectivity index (χ4v) is 2.83. The second-order valence-electron chi connectivity index (χ2n) is 4.11. The number of nitriles is 1. The van der Waals surface area contributed by atoms with E-state index in [0.29, 0.717) is 0 Å². The number of sulfone groups is 1. The van der Waals surface area contributed by atoms with Gasteiger partial charge in [0.15, 0.2) is 11.6 Å². The highest BCUT2D eigenvalue weighted by molar-refractivity contribution is 7.95. The summed E-state index contributed by atoms with van der Waals surface area (Å²) < 4.78 is 50.5. The predicted molar refractivity (Wildman–Crippen MR) is 73.6 cm³/mol. The molecule has 0 aromatic heterocycles. The van der Waals surface area contributed by atoms with Gasteiger partial charge in [0, 0.05) is 0 Å². The zero-order valence-electron chi connectivity index (χ0n) is 10.6. The predicted octanol–water partition coefficient (Wildman–Crippen LogP) is 3.30. The second kappa shape index (κ2) is 5.85. The van der Waals surface area contributed by atoms with Gasteiger partial charge in [-0.05, 0) is 35.9 Å². The van der Waals surface area contributed by atoms with E-state index in [4.69, 9.17) is 5.26 Å². The Labute approximate surface area is 120 Å². The number of allylic oxidation sites excluding steroid dienone is 1. The van der Waals surface area contributed by atoms with Gasteiger partial charge in [-0.2, -0.15) is 5.26 Å². The zero-order chi connectivity index (χ0) is 15.5. The van der Waals surface area contributed by atoms with Crippen LogP contribution >= 0.6 is 0 Å². The topological polar surface area (TPSA) is 57.9 Å². The Morgan fingerprint density at radius 3 is 2.29 bits per heavy atom. The summed E-state index contributed by atoms with van der Waals surface area (Å²) in [6.45, 7) is 0. The van der Waals surface area contributed by atoms with E-state index < -0.39 is 26.4 Å². The van der Waals surface area contributed by atoms with Crippen molar-refractivity contribution in [2.75, 3.05) is 0 Å². The Kier molecular flexibility index (Phi) is 4.15. The number of nitrogens with zero attached hydrogens (tertiary/aromatic N) is 1. The SMILES string of the molecule is N#CC(=Cc1ccc(F)c(F)c1)S(=O)(=O)c1ccccc1. The molecular formula is C15H9F2NO2S. The molecule has 6 heteroatoms. The van der Waals surface area contributed by atoms with Crippen LogP contribution in [0.5, 0.6) is 0 Å². The van der Waals surface area contributed by atoms with Gasteiger partial charge in [0.2, 0.25) is 9.84 Å². The van der Waals surface area contributed by atoms with Crippen LogP contribution < -0.4 is 0 Å². The third-order valence-electron chi connectivity index (χ3n) is 2.69. The van der Waals surface area contributed by atoms with Crippen molar-refractivity contribution in [2.24, 2.45) is 0 Å². The highest BCUT2D eigenvalue weighted by Crippen LogP contribution is 2.21. The smallest absolute Gasteiger partial charge is 0.216 e. The van der Waals surface area contributed by atoms with Crippen LogP contribution in [-0.4, -0.2) is 8.42 Å². The average Bonchev–Trinajstić information content (AvgIpc) is 2.49. The minimum atomic E-state index is -3.99. The molecule has 0 N–H and O–H groups in total. The van der Waals surface area contributed by atoms with E-state index >= 15 is 0 Å². The molecule has 3 nitrogen and oxygen atoms in total. The highest BCUT2D eigenvalue weighted by atomic mass is 32.2. The molecule has 0 saturated carbocycles. The molecule has 0 radical (unpaired) electrons. The lowest BCUT2D eigenvalue weighted by molar-refractivity contribution is 0.508. The van der Waals surface area contributed by atoms with Crippen molar-refractivity contribution in [3.05, 3.63) is 70.6 Å². The van der Waals surface area contributed by atoms with Crippen LogP contribution in [0.25, 0.3) is 6.08 Å². The Morgan fingerprint density at radius 1 is 1.05 bits per heavy atom. The van der Waals surface area contributed by atoms with E-state index in [-0.39, 0.29) is 10.5 Å². The summed E-state index contributed by atoms with van der Waals surface area (Å²) in [5.41, 5.74) is 0.0879. The van der Waals surface area contributed by atoms with Crippen LogP contribution in [0.3, 0.4) is 0 Å². The molecule has 0 aliphatic rings. The Hall–Kier alpha value is -2.52. The minimum Gasteiger partial charge on any atom is -0.218 e. The van der Waals surface area contributed by atoms with Crippen molar-refractivity contribution >= 4 is 15.9 Å². The summed E-state index contributed by atoms with van der Waals surface area (Å²) in [6, 6.07) is 11.9. The van der Waals surface area contributed by atoms with Gasteiger partial charge in [-0.15, -0.1) is 0 Å². The molecule has 0 saturated heterocycles. The lowest BCUT2D eigenvalue weighted by Gasteiger charge is -2.03. The fourth-order valence-electron chi connectivity index (χ4n) is 1.65. The van der Waals surface area contributed by atoms with Crippen LogP contribution in [0.15, 0.2) is 58.3 Å². The maximum absolute atomic E-state index is 13.1. The van der Waals surface area contributed by atoms with Crippen LogP contribution in [0, 0.1) is 23.0 Å². The number of hydrogen-bond donors (Lipinski definition) is 0. The van der Waals surface area contributed by atoms with Gasteiger partial charge < -0.3 is 0 Å². The Bertz CT molecular complexity index is 838. The van der Waals surface area contributed by atoms with Crippen LogP contribution in [0.1, 0.15) is 5.56 Å². The van der Waals surface area contributed by atoms with Crippen LogP contribution in [-0.2, 0) is 9.84 Å². The van der Waals surface area contributed by atoms with Gasteiger partial charge in [-0.1, -0.05) is 24.3 Å². The summed E-state index contributed by atoms with van der Waals surface area (Å²) in [4.78, 5) is -0.583. The molecule has 0 aliphatic carbocycles. The normalized spacial score (nSPS) is 12.0. The fraction of sp³-hybridized carbons (Fsp3) is 0. The van der Waals surface area contributed by atoms with E-state index in [1.165, 1.54) is 30.3 Å². The number of benzene rings is 2. The molecule has 0 fully saturated rings. The van der Waals surface area contributed by atoms with Crippen LogP contribution in [0.4, 0.5) is 8.78 Å². The zero-order valence-corrected chi connectivity index (χ0v) is 11.4. The van der Waals surface area contributed by atoms with Crippen molar-refractivity contribution in [3.63, 3.8) is 0 Å². The maximum atomic E-state index is 13.1. The second-order valence-corrected chi connectivity index (χ2v) is 6.03.